The normalized spacial score (nSPS) is 25.8. The van der Waals surface area contributed by atoms with Gasteiger partial charge in [0, 0.05) is 24.0 Å². The standard InChI is InChI=1S/C24H26O6/c1-13(10-17-11-14(2)22(26)28-17)6-5-9-24(4)15(3)20-21(30-24)18-8-7-16(25)12-19(18)29-23(20)27/h6-8,11-12,15,17,25H,5,9-10H2,1-4H3/b13-6+/t15-,17+,24+/m0/s1. The first kappa shape index (κ1) is 20.3. The minimum atomic E-state index is -0.545. The van der Waals surface area contributed by atoms with E-state index in [2.05, 4.69) is 6.08 Å². The number of hydrogen-bond acceptors (Lipinski definition) is 6. The Morgan fingerprint density at radius 3 is 2.77 bits per heavy atom. The van der Waals surface area contributed by atoms with E-state index in [1.54, 1.807) is 19.1 Å². The van der Waals surface area contributed by atoms with Crippen molar-refractivity contribution in [3.8, 4) is 11.5 Å². The largest absolute Gasteiger partial charge is 0.508 e. The maximum absolute atomic E-state index is 12.6. The molecule has 0 unspecified atom stereocenters. The summed E-state index contributed by atoms with van der Waals surface area (Å²) in [5, 5.41) is 10.4. The molecule has 0 fully saturated rings. The number of carbonyl (C=O) groups is 1. The number of carbonyl (C=O) groups excluding carboxylic acids is 1. The summed E-state index contributed by atoms with van der Waals surface area (Å²) in [6, 6.07) is 4.70. The third kappa shape index (κ3) is 3.51. The van der Waals surface area contributed by atoms with E-state index in [0.717, 1.165) is 18.4 Å². The van der Waals surface area contributed by atoms with E-state index in [0.29, 0.717) is 34.3 Å². The second kappa shape index (κ2) is 7.35. The summed E-state index contributed by atoms with van der Waals surface area (Å²) in [4.78, 5) is 24.1. The van der Waals surface area contributed by atoms with Gasteiger partial charge in [-0.05, 0) is 51.8 Å². The zero-order chi connectivity index (χ0) is 21.6. The number of hydrogen-bond donors (Lipinski definition) is 1. The summed E-state index contributed by atoms with van der Waals surface area (Å²) < 4.78 is 17.1. The molecule has 0 bridgehead atoms. The molecule has 0 saturated heterocycles. The number of allylic oxidation sites excluding steroid dienone is 1. The number of ether oxygens (including phenoxy) is 2. The van der Waals surface area contributed by atoms with Crippen molar-refractivity contribution in [1.29, 1.82) is 0 Å². The molecule has 3 atom stereocenters. The van der Waals surface area contributed by atoms with Gasteiger partial charge >= 0.3 is 11.6 Å². The molecule has 3 heterocycles. The minimum Gasteiger partial charge on any atom is -0.508 e. The molecule has 0 saturated carbocycles. The molecule has 4 rings (SSSR count). The Kier molecular flexibility index (Phi) is 4.96. The van der Waals surface area contributed by atoms with Gasteiger partial charge in [0.15, 0.2) is 0 Å². The third-order valence-electron chi connectivity index (χ3n) is 6.23. The average Bonchev–Trinajstić information content (AvgIpc) is 3.11. The van der Waals surface area contributed by atoms with E-state index in [9.17, 15) is 14.7 Å². The molecule has 0 aliphatic carbocycles. The van der Waals surface area contributed by atoms with Crippen molar-refractivity contribution in [3.05, 3.63) is 57.5 Å². The summed E-state index contributed by atoms with van der Waals surface area (Å²) in [5.74, 6) is 0.219. The lowest BCUT2D eigenvalue weighted by atomic mass is 9.84. The Labute approximate surface area is 174 Å². The summed E-state index contributed by atoms with van der Waals surface area (Å²) in [6.07, 6.45) is 5.98. The van der Waals surface area contributed by atoms with Crippen molar-refractivity contribution < 1.29 is 23.8 Å². The van der Waals surface area contributed by atoms with Crippen LogP contribution in [0.1, 0.15) is 58.4 Å². The van der Waals surface area contributed by atoms with Crippen LogP contribution in [0.15, 0.2) is 50.7 Å². The van der Waals surface area contributed by atoms with Crippen LogP contribution in [0.5, 0.6) is 11.5 Å². The molecule has 2 aromatic rings. The Balaban J connectivity index is 1.49. The van der Waals surface area contributed by atoms with Crippen LogP contribution in [0.2, 0.25) is 0 Å². The summed E-state index contributed by atoms with van der Waals surface area (Å²) in [7, 11) is 0. The fraction of sp³-hybridized carbons (Fsp3) is 0.417. The fourth-order valence-electron chi connectivity index (χ4n) is 4.27. The van der Waals surface area contributed by atoms with Gasteiger partial charge in [0.1, 0.15) is 28.8 Å². The molecule has 1 N–H and O–H groups in total. The number of phenols is 1. The zero-order valence-corrected chi connectivity index (χ0v) is 17.7. The van der Waals surface area contributed by atoms with E-state index >= 15 is 0 Å². The molecule has 30 heavy (non-hydrogen) atoms. The molecule has 6 heteroatoms. The number of aromatic hydroxyl groups is 1. The van der Waals surface area contributed by atoms with Gasteiger partial charge in [-0.2, -0.15) is 0 Å². The Bertz CT molecular complexity index is 1140. The molecule has 0 spiro atoms. The third-order valence-corrected chi connectivity index (χ3v) is 6.23. The highest BCUT2D eigenvalue weighted by Crippen LogP contribution is 2.48. The van der Waals surface area contributed by atoms with E-state index in [4.69, 9.17) is 13.9 Å². The second-order valence-corrected chi connectivity index (χ2v) is 8.54. The minimum absolute atomic E-state index is 0.0398. The zero-order valence-electron chi connectivity index (χ0n) is 17.7. The Hall–Kier alpha value is -3.02. The van der Waals surface area contributed by atoms with Gasteiger partial charge in [0.2, 0.25) is 0 Å². The van der Waals surface area contributed by atoms with Gasteiger partial charge in [-0.15, -0.1) is 0 Å². The molecule has 0 radical (unpaired) electrons. The van der Waals surface area contributed by atoms with Crippen LogP contribution in [0.25, 0.3) is 11.0 Å². The van der Waals surface area contributed by atoms with Crippen LogP contribution in [-0.4, -0.2) is 22.8 Å². The van der Waals surface area contributed by atoms with Gasteiger partial charge < -0.3 is 19.0 Å². The fourth-order valence-corrected chi connectivity index (χ4v) is 4.27. The highest BCUT2D eigenvalue weighted by Gasteiger charge is 2.44. The first-order chi connectivity index (χ1) is 14.2. The maximum atomic E-state index is 12.6. The van der Waals surface area contributed by atoms with Crippen molar-refractivity contribution in [3.63, 3.8) is 0 Å². The SMILES string of the molecule is CC1=C[C@@H](C/C(C)=C/CC[C@@]2(C)Oc3c(c(=O)oc4cc(O)ccc34)[C@@H]2C)OC1=O. The summed E-state index contributed by atoms with van der Waals surface area (Å²) in [5.41, 5.74) is 1.71. The molecule has 0 amide bonds. The number of phenolic OH excluding ortho intramolecular Hbond substituents is 1. The predicted molar refractivity (Wildman–Crippen MR) is 113 cm³/mol. The smallest absolute Gasteiger partial charge is 0.343 e. The first-order valence-electron chi connectivity index (χ1n) is 10.2. The molecule has 1 aromatic carbocycles. The highest BCUT2D eigenvalue weighted by molar-refractivity contribution is 5.90. The second-order valence-electron chi connectivity index (χ2n) is 8.54. The van der Waals surface area contributed by atoms with Crippen LogP contribution in [-0.2, 0) is 9.53 Å². The van der Waals surface area contributed by atoms with Crippen molar-refractivity contribution >= 4 is 16.9 Å². The number of rotatable bonds is 5. The Morgan fingerprint density at radius 1 is 1.30 bits per heavy atom. The summed E-state index contributed by atoms with van der Waals surface area (Å²) in [6.45, 7) is 7.79. The van der Waals surface area contributed by atoms with Crippen LogP contribution < -0.4 is 10.4 Å². The molecule has 6 nitrogen and oxygen atoms in total. The topological polar surface area (TPSA) is 86.0 Å². The van der Waals surface area contributed by atoms with Crippen molar-refractivity contribution in [2.75, 3.05) is 0 Å². The van der Waals surface area contributed by atoms with Crippen LogP contribution >= 0.6 is 0 Å². The van der Waals surface area contributed by atoms with Crippen LogP contribution in [0, 0.1) is 0 Å². The lowest BCUT2D eigenvalue weighted by Crippen LogP contribution is -2.33. The molecule has 158 valence electrons. The summed E-state index contributed by atoms with van der Waals surface area (Å²) >= 11 is 0. The number of benzene rings is 1. The lowest BCUT2D eigenvalue weighted by molar-refractivity contribution is -0.139. The van der Waals surface area contributed by atoms with Gasteiger partial charge in [-0.25, -0.2) is 9.59 Å². The number of fused-ring (bicyclic) bond motifs is 3. The maximum Gasteiger partial charge on any atom is 0.343 e. The monoisotopic (exact) mass is 410 g/mol. The van der Waals surface area contributed by atoms with Gasteiger partial charge in [-0.1, -0.05) is 18.6 Å². The molecule has 1 aromatic heterocycles. The van der Waals surface area contributed by atoms with E-state index in [-0.39, 0.29) is 23.7 Å². The number of cyclic esters (lactones) is 1. The average molecular weight is 410 g/mol. The lowest BCUT2D eigenvalue weighted by Gasteiger charge is -2.28. The first-order valence-corrected chi connectivity index (χ1v) is 10.2. The predicted octanol–water partition coefficient (Wildman–Crippen LogP) is 4.74. The van der Waals surface area contributed by atoms with Gasteiger partial charge in [0.25, 0.3) is 0 Å². The van der Waals surface area contributed by atoms with Gasteiger partial charge in [-0.3, -0.25) is 0 Å². The van der Waals surface area contributed by atoms with Crippen molar-refractivity contribution in [2.24, 2.45) is 0 Å². The molecule has 2 aliphatic heterocycles. The van der Waals surface area contributed by atoms with Crippen LogP contribution in [0.3, 0.4) is 0 Å². The molecular formula is C24H26O6. The van der Waals surface area contributed by atoms with E-state index in [1.807, 2.05) is 26.8 Å². The van der Waals surface area contributed by atoms with E-state index in [1.165, 1.54) is 6.07 Å². The van der Waals surface area contributed by atoms with Crippen molar-refractivity contribution in [1.82, 2.24) is 0 Å². The van der Waals surface area contributed by atoms with E-state index < -0.39 is 11.2 Å². The highest BCUT2D eigenvalue weighted by atomic mass is 16.5. The quantitative estimate of drug-likeness (QED) is 0.435. The molecule has 2 aliphatic rings. The molecular weight excluding hydrogens is 384 g/mol. The Morgan fingerprint density at radius 2 is 2.07 bits per heavy atom. The van der Waals surface area contributed by atoms with Gasteiger partial charge in [0.05, 0.1) is 10.9 Å². The number of esters is 1. The van der Waals surface area contributed by atoms with Crippen LogP contribution in [0.4, 0.5) is 0 Å². The van der Waals surface area contributed by atoms with Crippen molar-refractivity contribution in [2.45, 2.75) is 64.6 Å².